The highest BCUT2D eigenvalue weighted by atomic mass is 33.1. The molecule has 4 atom stereocenters. The molecule has 0 fully saturated rings. The molecule has 0 saturated carbocycles. The quantitative estimate of drug-likeness (QED) is 0.129. The molecule has 2 amide bonds. The Morgan fingerprint density at radius 3 is 1.96 bits per heavy atom. The van der Waals surface area contributed by atoms with E-state index in [1.807, 2.05) is 13.8 Å². The molecule has 0 saturated heterocycles. The highest BCUT2D eigenvalue weighted by Gasteiger charge is 2.39. The van der Waals surface area contributed by atoms with E-state index in [1.165, 1.54) is 36.4 Å². The molecule has 46 heavy (non-hydrogen) atoms. The Balaban J connectivity index is 2.55. The third-order valence-electron chi connectivity index (χ3n) is 6.93. The lowest BCUT2D eigenvalue weighted by Crippen LogP contribution is -2.48. The smallest absolute Gasteiger partial charge is 0.330 e. The summed E-state index contributed by atoms with van der Waals surface area (Å²) in [6.45, 7) is 17.6. The largest absolute Gasteiger partial charge is 0.458 e. The van der Waals surface area contributed by atoms with Crippen LogP contribution in [0, 0.1) is 23.5 Å². The molecule has 0 bridgehead atoms. The van der Waals surface area contributed by atoms with Crippen molar-refractivity contribution >= 4 is 45.5 Å². The van der Waals surface area contributed by atoms with Crippen molar-refractivity contribution in [3.05, 3.63) is 65.2 Å². The van der Waals surface area contributed by atoms with Crippen molar-refractivity contribution in [3.8, 4) is 0 Å². The molecule has 0 aliphatic heterocycles. The fourth-order valence-electron chi connectivity index (χ4n) is 4.20. The number of nitrogens with one attached hydrogen (secondary N) is 1. The summed E-state index contributed by atoms with van der Waals surface area (Å²) >= 11 is 0. The fourth-order valence-corrected chi connectivity index (χ4v) is 6.77. The van der Waals surface area contributed by atoms with E-state index in [0.717, 1.165) is 32.1 Å². The second kappa shape index (κ2) is 16.6. The van der Waals surface area contributed by atoms with Crippen LogP contribution < -0.4 is 5.32 Å². The molecule has 2 aromatic rings. The minimum absolute atomic E-state index is 0.0229. The van der Waals surface area contributed by atoms with Crippen LogP contribution in [-0.2, 0) is 19.1 Å². The first-order valence-electron chi connectivity index (χ1n) is 15.3. The molecular formula is C34H46F2N2O6S2. The number of amides is 2. The van der Waals surface area contributed by atoms with Crippen molar-refractivity contribution in [2.45, 2.75) is 110 Å². The van der Waals surface area contributed by atoms with Crippen molar-refractivity contribution in [2.24, 2.45) is 11.8 Å². The SMILES string of the molecule is CCC(C)C(NC(=O)c1cccc(F)c1SSN(C(=O)c1cccc(F)c1)C(C(=O)OC(C)(C)C)C(C)CC)C(=O)OC(C)(C)C. The second-order valence-corrected chi connectivity index (χ2v) is 15.2. The summed E-state index contributed by atoms with van der Waals surface area (Å²) in [5.41, 5.74) is -1.76. The molecule has 0 radical (unpaired) electrons. The average molecular weight is 681 g/mol. The fraction of sp³-hybridized carbons (Fsp3) is 0.529. The van der Waals surface area contributed by atoms with Crippen LogP contribution in [-0.4, -0.2) is 51.3 Å². The minimum atomic E-state index is -1.14. The maximum atomic E-state index is 15.4. The highest BCUT2D eigenvalue weighted by Crippen LogP contribution is 2.41. The molecule has 4 unspecified atom stereocenters. The molecule has 1 N–H and O–H groups in total. The van der Waals surface area contributed by atoms with Crippen LogP contribution in [0.5, 0.6) is 0 Å². The first-order chi connectivity index (χ1) is 21.3. The van der Waals surface area contributed by atoms with E-state index in [-0.39, 0.29) is 21.9 Å². The zero-order valence-electron chi connectivity index (χ0n) is 28.2. The van der Waals surface area contributed by atoms with Gasteiger partial charge in [-0.3, -0.25) is 13.9 Å². The number of carbonyl (C=O) groups is 4. The van der Waals surface area contributed by atoms with Crippen LogP contribution in [0.4, 0.5) is 8.78 Å². The van der Waals surface area contributed by atoms with Gasteiger partial charge in [-0.25, -0.2) is 18.4 Å². The average Bonchev–Trinajstić information content (AvgIpc) is 2.95. The van der Waals surface area contributed by atoms with E-state index in [4.69, 9.17) is 9.47 Å². The first kappa shape index (κ1) is 39.1. The van der Waals surface area contributed by atoms with E-state index < -0.39 is 64.6 Å². The number of rotatable bonds is 13. The van der Waals surface area contributed by atoms with Crippen molar-refractivity contribution in [1.82, 2.24) is 9.62 Å². The Morgan fingerprint density at radius 2 is 1.41 bits per heavy atom. The summed E-state index contributed by atoms with van der Waals surface area (Å²) in [5, 5.41) is 2.71. The molecule has 254 valence electrons. The van der Waals surface area contributed by atoms with Gasteiger partial charge in [0.05, 0.1) is 10.5 Å². The van der Waals surface area contributed by atoms with Crippen LogP contribution in [0.2, 0.25) is 0 Å². The number of ether oxygens (including phenoxy) is 2. The van der Waals surface area contributed by atoms with E-state index in [2.05, 4.69) is 5.32 Å². The van der Waals surface area contributed by atoms with Crippen molar-refractivity contribution in [1.29, 1.82) is 0 Å². The van der Waals surface area contributed by atoms with Crippen LogP contribution >= 0.6 is 21.8 Å². The lowest BCUT2D eigenvalue weighted by molar-refractivity contribution is -0.161. The van der Waals surface area contributed by atoms with Crippen LogP contribution in [0.25, 0.3) is 0 Å². The Labute approximate surface area is 279 Å². The lowest BCUT2D eigenvalue weighted by Gasteiger charge is -2.34. The number of carbonyl (C=O) groups excluding carboxylic acids is 4. The van der Waals surface area contributed by atoms with E-state index in [0.29, 0.717) is 12.8 Å². The maximum absolute atomic E-state index is 15.4. The van der Waals surface area contributed by atoms with Crippen LogP contribution in [0.1, 0.15) is 103 Å². The predicted molar refractivity (Wildman–Crippen MR) is 178 cm³/mol. The van der Waals surface area contributed by atoms with Gasteiger partial charge in [-0.2, -0.15) is 0 Å². The number of halogens is 2. The first-order valence-corrected chi connectivity index (χ1v) is 17.4. The topological polar surface area (TPSA) is 102 Å². The summed E-state index contributed by atoms with van der Waals surface area (Å²) in [4.78, 5) is 53.9. The molecule has 0 aliphatic rings. The van der Waals surface area contributed by atoms with E-state index in [9.17, 15) is 23.6 Å². The third kappa shape index (κ3) is 11.3. The zero-order chi connectivity index (χ0) is 35.0. The monoisotopic (exact) mass is 680 g/mol. The van der Waals surface area contributed by atoms with Crippen LogP contribution in [0.15, 0.2) is 47.4 Å². The molecule has 0 aliphatic carbocycles. The van der Waals surface area contributed by atoms with Gasteiger partial charge in [0.15, 0.2) is 0 Å². The van der Waals surface area contributed by atoms with Gasteiger partial charge in [-0.1, -0.05) is 52.7 Å². The molecule has 2 rings (SSSR count). The van der Waals surface area contributed by atoms with E-state index in [1.54, 1.807) is 55.4 Å². The molecule has 0 spiro atoms. The molecule has 0 heterocycles. The second-order valence-electron chi connectivity index (χ2n) is 13.1. The number of hydrogen-bond donors (Lipinski definition) is 1. The van der Waals surface area contributed by atoms with Gasteiger partial charge < -0.3 is 14.8 Å². The van der Waals surface area contributed by atoms with Gasteiger partial charge in [0.2, 0.25) is 0 Å². The standard InChI is InChI=1S/C34H46F2N2O6S2/c1-11-20(3)26(31(41)43-33(5,6)7)37-29(39)24-17-14-18-25(36)28(24)45-46-38(30(40)22-15-13-16-23(35)19-22)27(21(4)12-2)32(42)44-34(8,9)10/h13-21,26-27H,11-12H2,1-10H3,(H,37,39). The van der Waals surface area contributed by atoms with E-state index >= 15 is 4.39 Å². The molecule has 0 aromatic heterocycles. The Hall–Kier alpha value is -3.12. The van der Waals surface area contributed by atoms with Gasteiger partial charge >= 0.3 is 11.9 Å². The zero-order valence-corrected chi connectivity index (χ0v) is 29.9. The number of esters is 2. The summed E-state index contributed by atoms with van der Waals surface area (Å²) in [5.74, 6) is -4.80. The highest BCUT2D eigenvalue weighted by molar-refractivity contribution is 8.76. The lowest BCUT2D eigenvalue weighted by atomic mass is 9.98. The van der Waals surface area contributed by atoms with Crippen molar-refractivity contribution < 1.29 is 37.4 Å². The van der Waals surface area contributed by atoms with Crippen LogP contribution in [0.3, 0.4) is 0 Å². The Morgan fingerprint density at radius 1 is 0.848 bits per heavy atom. The van der Waals surface area contributed by atoms with Gasteiger partial charge in [0.25, 0.3) is 11.8 Å². The van der Waals surface area contributed by atoms with Gasteiger partial charge in [-0.15, -0.1) is 0 Å². The normalized spacial score (nSPS) is 14.4. The Bertz CT molecular complexity index is 1390. The number of benzene rings is 2. The predicted octanol–water partition coefficient (Wildman–Crippen LogP) is 8.01. The van der Waals surface area contributed by atoms with Gasteiger partial charge in [0.1, 0.15) is 34.9 Å². The molecule has 2 aromatic carbocycles. The number of nitrogens with zero attached hydrogens (tertiary/aromatic N) is 1. The minimum Gasteiger partial charge on any atom is -0.458 e. The number of hydrogen-bond acceptors (Lipinski definition) is 8. The molecule has 8 nitrogen and oxygen atoms in total. The van der Waals surface area contributed by atoms with Crippen molar-refractivity contribution in [3.63, 3.8) is 0 Å². The molecule has 12 heteroatoms. The summed E-state index contributed by atoms with van der Waals surface area (Å²) in [6.07, 6.45) is 1.04. The van der Waals surface area contributed by atoms with Gasteiger partial charge in [0, 0.05) is 16.5 Å². The van der Waals surface area contributed by atoms with Crippen molar-refractivity contribution in [2.75, 3.05) is 0 Å². The molecular weight excluding hydrogens is 635 g/mol. The summed E-state index contributed by atoms with van der Waals surface area (Å²) in [7, 11) is 1.50. The Kier molecular flexibility index (Phi) is 14.1. The third-order valence-corrected chi connectivity index (χ3v) is 9.34. The summed E-state index contributed by atoms with van der Waals surface area (Å²) < 4.78 is 42.0. The van der Waals surface area contributed by atoms with Gasteiger partial charge in [-0.05, 0) is 94.5 Å². The summed E-state index contributed by atoms with van der Waals surface area (Å²) in [6, 6.07) is 6.84. The maximum Gasteiger partial charge on any atom is 0.330 e.